The van der Waals surface area contributed by atoms with Crippen molar-refractivity contribution in [3.63, 3.8) is 0 Å². The lowest BCUT2D eigenvalue weighted by molar-refractivity contribution is -0.174. The van der Waals surface area contributed by atoms with Gasteiger partial charge in [0.2, 0.25) is 0 Å². The van der Waals surface area contributed by atoms with Gasteiger partial charge in [-0.2, -0.15) is 0 Å². The van der Waals surface area contributed by atoms with Gasteiger partial charge in [0.1, 0.15) is 28.2 Å². The largest absolute Gasteiger partial charge is 0.458 e. The van der Waals surface area contributed by atoms with Gasteiger partial charge in [0, 0.05) is 13.2 Å². The summed E-state index contributed by atoms with van der Waals surface area (Å²) >= 11 is 3.48. The fourth-order valence-corrected chi connectivity index (χ4v) is 4.97. The van der Waals surface area contributed by atoms with Crippen LogP contribution in [-0.2, 0) is 26.9 Å². The number of piperidine rings is 1. The molecule has 1 aliphatic carbocycles. The van der Waals surface area contributed by atoms with E-state index < -0.39 is 11.2 Å². The first kappa shape index (κ1) is 20.8. The molecular formula is C20H32BrN3O3. The van der Waals surface area contributed by atoms with Crippen molar-refractivity contribution >= 4 is 21.9 Å². The minimum Gasteiger partial charge on any atom is -0.458 e. The van der Waals surface area contributed by atoms with Crippen LogP contribution in [0.4, 0.5) is 0 Å². The summed E-state index contributed by atoms with van der Waals surface area (Å²) in [5, 5.41) is 3.47. The van der Waals surface area contributed by atoms with Gasteiger partial charge in [-0.15, -0.1) is 0 Å². The van der Waals surface area contributed by atoms with Crippen molar-refractivity contribution in [2.45, 2.75) is 70.5 Å². The number of aromatic nitrogens is 2. The van der Waals surface area contributed by atoms with Crippen molar-refractivity contribution < 1.29 is 14.3 Å². The van der Waals surface area contributed by atoms with E-state index in [1.807, 2.05) is 38.6 Å². The van der Waals surface area contributed by atoms with Crippen molar-refractivity contribution in [1.29, 1.82) is 0 Å². The number of nitrogens with one attached hydrogen (secondary N) is 1. The number of halogens is 1. The first-order valence-corrected chi connectivity index (χ1v) is 10.7. The molecule has 1 aromatic rings. The van der Waals surface area contributed by atoms with E-state index in [2.05, 4.69) is 26.2 Å². The van der Waals surface area contributed by atoms with Crippen molar-refractivity contribution in [1.82, 2.24) is 14.9 Å². The number of rotatable bonds is 4. The molecular weight excluding hydrogens is 410 g/mol. The third kappa shape index (κ3) is 4.93. The predicted molar refractivity (Wildman–Crippen MR) is 107 cm³/mol. The van der Waals surface area contributed by atoms with Crippen LogP contribution >= 0.6 is 15.9 Å². The fraction of sp³-hybridized carbons (Fsp3) is 0.800. The monoisotopic (exact) mass is 441 g/mol. The standard InChI is InChI=1S/C20H32BrN3O3/c1-18(2,3)27-16(25)14-26-20(17-23-15(21)13-24(17)4)7-5-19(6-8-20)9-11-22-12-10-19/h13,22H,5-12,14H2,1-4H3. The van der Waals surface area contributed by atoms with Crippen molar-refractivity contribution in [3.8, 4) is 0 Å². The number of ether oxygens (including phenoxy) is 2. The number of carbonyl (C=O) groups excluding carboxylic acids is 1. The molecule has 2 aliphatic rings. The van der Waals surface area contributed by atoms with Crippen LogP contribution in [0.3, 0.4) is 0 Å². The van der Waals surface area contributed by atoms with E-state index >= 15 is 0 Å². The van der Waals surface area contributed by atoms with Crippen LogP contribution in [0.15, 0.2) is 10.8 Å². The van der Waals surface area contributed by atoms with E-state index in [0.29, 0.717) is 5.41 Å². The smallest absolute Gasteiger partial charge is 0.332 e. The fourth-order valence-electron chi connectivity index (χ4n) is 4.49. The molecule has 1 saturated carbocycles. The Morgan fingerprint density at radius 2 is 1.85 bits per heavy atom. The quantitative estimate of drug-likeness (QED) is 0.721. The molecule has 27 heavy (non-hydrogen) atoms. The average Bonchev–Trinajstić information content (AvgIpc) is 2.93. The highest BCUT2D eigenvalue weighted by Crippen LogP contribution is 2.51. The first-order valence-electron chi connectivity index (χ1n) is 9.89. The first-order chi connectivity index (χ1) is 12.6. The Kier molecular flexibility index (Phi) is 6.04. The summed E-state index contributed by atoms with van der Waals surface area (Å²) in [7, 11) is 1.99. The van der Waals surface area contributed by atoms with Gasteiger partial charge < -0.3 is 19.4 Å². The lowest BCUT2D eigenvalue weighted by Crippen LogP contribution is -2.46. The zero-order chi connectivity index (χ0) is 19.7. The van der Waals surface area contributed by atoms with Gasteiger partial charge in [0.25, 0.3) is 0 Å². The zero-order valence-electron chi connectivity index (χ0n) is 16.9. The Bertz CT molecular complexity index is 665. The number of aryl methyl sites for hydroxylation is 1. The van der Waals surface area contributed by atoms with Gasteiger partial charge in [-0.1, -0.05) is 0 Å². The Hall–Kier alpha value is -0.920. The van der Waals surface area contributed by atoms with Gasteiger partial charge in [-0.05, 0) is 93.7 Å². The number of esters is 1. The Morgan fingerprint density at radius 3 is 2.37 bits per heavy atom. The van der Waals surface area contributed by atoms with Crippen LogP contribution < -0.4 is 5.32 Å². The zero-order valence-corrected chi connectivity index (χ0v) is 18.5. The van der Waals surface area contributed by atoms with E-state index in [9.17, 15) is 4.79 Å². The molecule has 2 fully saturated rings. The molecule has 1 aliphatic heterocycles. The third-order valence-electron chi connectivity index (χ3n) is 5.92. The Balaban J connectivity index is 1.77. The maximum Gasteiger partial charge on any atom is 0.332 e. The highest BCUT2D eigenvalue weighted by molar-refractivity contribution is 9.10. The SMILES string of the molecule is Cn1cc(Br)nc1C1(OCC(=O)OC(C)(C)C)CCC2(CCNCC2)CC1. The van der Waals surface area contributed by atoms with Crippen LogP contribution in [-0.4, -0.2) is 40.8 Å². The average molecular weight is 442 g/mol. The molecule has 0 amide bonds. The molecule has 152 valence electrons. The maximum atomic E-state index is 12.3. The summed E-state index contributed by atoms with van der Waals surface area (Å²) in [5.41, 5.74) is -0.633. The second kappa shape index (κ2) is 7.84. The van der Waals surface area contributed by atoms with Crippen LogP contribution in [0.25, 0.3) is 0 Å². The van der Waals surface area contributed by atoms with Crippen LogP contribution in [0.2, 0.25) is 0 Å². The minimum atomic E-state index is -0.534. The molecule has 1 spiro atoms. The second-order valence-corrected chi connectivity index (χ2v) is 9.93. The second-order valence-electron chi connectivity index (χ2n) is 9.12. The molecule has 0 bridgehead atoms. The molecule has 0 atom stereocenters. The molecule has 1 N–H and O–H groups in total. The lowest BCUT2D eigenvalue weighted by atomic mass is 9.64. The number of nitrogens with zero attached hydrogens (tertiary/aromatic N) is 2. The number of imidazole rings is 1. The molecule has 6 nitrogen and oxygen atoms in total. The molecule has 2 heterocycles. The van der Waals surface area contributed by atoms with Gasteiger partial charge in [0.05, 0.1) is 0 Å². The number of carbonyl (C=O) groups is 1. The summed E-state index contributed by atoms with van der Waals surface area (Å²) in [4.78, 5) is 17.0. The van der Waals surface area contributed by atoms with E-state index in [0.717, 1.165) is 49.2 Å². The highest BCUT2D eigenvalue weighted by Gasteiger charge is 2.47. The molecule has 1 saturated heterocycles. The number of hydrogen-bond donors (Lipinski definition) is 1. The summed E-state index contributed by atoms with van der Waals surface area (Å²) < 4.78 is 14.6. The van der Waals surface area contributed by atoms with Gasteiger partial charge >= 0.3 is 5.97 Å². The Labute approximate surface area is 170 Å². The van der Waals surface area contributed by atoms with Gasteiger partial charge in [-0.25, -0.2) is 9.78 Å². The van der Waals surface area contributed by atoms with Crippen molar-refractivity contribution in [3.05, 3.63) is 16.6 Å². The topological polar surface area (TPSA) is 65.4 Å². The summed E-state index contributed by atoms with van der Waals surface area (Å²) in [5.74, 6) is 0.569. The molecule has 0 radical (unpaired) electrons. The number of hydrogen-bond acceptors (Lipinski definition) is 5. The maximum absolute atomic E-state index is 12.3. The van der Waals surface area contributed by atoms with Crippen molar-refractivity contribution in [2.75, 3.05) is 19.7 Å². The highest BCUT2D eigenvalue weighted by atomic mass is 79.9. The Morgan fingerprint density at radius 1 is 1.22 bits per heavy atom. The lowest BCUT2D eigenvalue weighted by Gasteiger charge is -2.47. The molecule has 1 aromatic heterocycles. The van der Waals surface area contributed by atoms with E-state index in [1.165, 1.54) is 12.8 Å². The predicted octanol–water partition coefficient (Wildman–Crippen LogP) is 3.68. The molecule has 3 rings (SSSR count). The van der Waals surface area contributed by atoms with E-state index in [-0.39, 0.29) is 12.6 Å². The third-order valence-corrected chi connectivity index (χ3v) is 6.31. The summed E-state index contributed by atoms with van der Waals surface area (Å²) in [6, 6.07) is 0. The molecule has 7 heteroatoms. The molecule has 0 aromatic carbocycles. The normalized spacial score (nSPS) is 22.0. The molecule has 0 unspecified atom stereocenters. The van der Waals surface area contributed by atoms with Gasteiger partial charge in [0.15, 0.2) is 0 Å². The van der Waals surface area contributed by atoms with Gasteiger partial charge in [-0.3, -0.25) is 0 Å². The van der Waals surface area contributed by atoms with Crippen molar-refractivity contribution in [2.24, 2.45) is 12.5 Å². The van der Waals surface area contributed by atoms with Crippen LogP contribution in [0.5, 0.6) is 0 Å². The van der Waals surface area contributed by atoms with Crippen LogP contribution in [0, 0.1) is 5.41 Å². The minimum absolute atomic E-state index is 0.0453. The van der Waals surface area contributed by atoms with E-state index in [1.54, 1.807) is 0 Å². The summed E-state index contributed by atoms with van der Waals surface area (Å²) in [6.45, 7) is 7.77. The van der Waals surface area contributed by atoms with Crippen LogP contribution in [0.1, 0.15) is 65.1 Å². The van der Waals surface area contributed by atoms with E-state index in [4.69, 9.17) is 9.47 Å². The summed E-state index contributed by atoms with van der Waals surface area (Å²) in [6.07, 6.45) is 8.36.